The molecule has 1 aromatic carbocycles. The SMILES string of the molecule is Cc1ccc(S(=O)(=O)NCCC2(C/C=C\CCCC(=O)O)CCCCC2)cc1.[H-].[Na+]. The van der Waals surface area contributed by atoms with Gasteiger partial charge in [0.2, 0.25) is 10.0 Å². The second-order valence-corrected chi connectivity index (χ2v) is 9.75. The molecule has 7 heteroatoms. The van der Waals surface area contributed by atoms with Crippen LogP contribution in [0.4, 0.5) is 0 Å². The van der Waals surface area contributed by atoms with Crippen LogP contribution in [0.1, 0.15) is 71.2 Å². The summed E-state index contributed by atoms with van der Waals surface area (Å²) in [4.78, 5) is 10.9. The Hall–Kier alpha value is -0.660. The van der Waals surface area contributed by atoms with Crippen molar-refractivity contribution in [3.8, 4) is 0 Å². The predicted molar refractivity (Wildman–Crippen MR) is 113 cm³/mol. The van der Waals surface area contributed by atoms with Crippen LogP contribution in [0.3, 0.4) is 0 Å². The van der Waals surface area contributed by atoms with Crippen LogP contribution < -0.4 is 34.3 Å². The topological polar surface area (TPSA) is 83.5 Å². The summed E-state index contributed by atoms with van der Waals surface area (Å²) in [5.74, 6) is -0.752. The van der Waals surface area contributed by atoms with E-state index in [2.05, 4.69) is 16.9 Å². The zero-order valence-corrected chi connectivity index (χ0v) is 20.6. The standard InChI is InChI=1S/C22H33NO4S.Na.H/c1-19-10-12-20(13-11-19)28(26,27)23-18-17-22(15-7-4-8-16-22)14-6-3-2-5-9-21(24)25;;/h3,6,10-13,23H,2,4-5,7-9,14-18H2,1H3,(H,24,25);;/q;+1;-1/b6-3-;;. The van der Waals surface area contributed by atoms with E-state index >= 15 is 0 Å². The third-order valence-electron chi connectivity index (χ3n) is 5.67. The van der Waals surface area contributed by atoms with Crippen molar-refractivity contribution in [2.75, 3.05) is 6.54 Å². The summed E-state index contributed by atoms with van der Waals surface area (Å²) in [5.41, 5.74) is 1.19. The molecule has 2 rings (SSSR count). The van der Waals surface area contributed by atoms with Crippen molar-refractivity contribution in [2.45, 2.75) is 76.0 Å². The predicted octanol–water partition coefficient (Wildman–Crippen LogP) is 1.93. The summed E-state index contributed by atoms with van der Waals surface area (Å²) < 4.78 is 27.8. The van der Waals surface area contributed by atoms with Crippen molar-refractivity contribution in [3.05, 3.63) is 42.0 Å². The number of aliphatic carboxylic acids is 1. The van der Waals surface area contributed by atoms with E-state index in [1.54, 1.807) is 12.1 Å². The molecule has 5 nitrogen and oxygen atoms in total. The number of benzene rings is 1. The second kappa shape index (κ2) is 12.9. The fraction of sp³-hybridized carbons (Fsp3) is 0.591. The molecule has 0 aliphatic heterocycles. The molecule has 0 saturated heterocycles. The first-order chi connectivity index (χ1) is 13.3. The van der Waals surface area contributed by atoms with Crippen LogP contribution in [0.25, 0.3) is 0 Å². The van der Waals surface area contributed by atoms with E-state index in [1.807, 2.05) is 19.1 Å². The molecule has 0 bridgehead atoms. The number of rotatable bonds is 11. The van der Waals surface area contributed by atoms with E-state index < -0.39 is 16.0 Å². The second-order valence-electron chi connectivity index (χ2n) is 7.98. The van der Waals surface area contributed by atoms with Crippen LogP contribution in [0.5, 0.6) is 0 Å². The van der Waals surface area contributed by atoms with Gasteiger partial charge in [0.1, 0.15) is 0 Å². The maximum atomic E-state index is 12.5. The molecule has 0 amide bonds. The van der Waals surface area contributed by atoms with E-state index in [9.17, 15) is 13.2 Å². The van der Waals surface area contributed by atoms with E-state index in [-0.39, 0.29) is 42.8 Å². The minimum Gasteiger partial charge on any atom is -1.00 e. The molecule has 29 heavy (non-hydrogen) atoms. The Labute approximate surface area is 199 Å². The zero-order valence-electron chi connectivity index (χ0n) is 18.8. The first-order valence-corrected chi connectivity index (χ1v) is 11.7. The van der Waals surface area contributed by atoms with Crippen LogP contribution in [-0.2, 0) is 14.8 Å². The van der Waals surface area contributed by atoms with Gasteiger partial charge < -0.3 is 6.53 Å². The Kier molecular flexibility index (Phi) is 11.7. The van der Waals surface area contributed by atoms with Gasteiger partial charge in [0.05, 0.1) is 4.90 Å². The summed E-state index contributed by atoms with van der Waals surface area (Å²) >= 11 is 0. The number of nitrogens with one attached hydrogen (secondary N) is 1. The van der Waals surface area contributed by atoms with Crippen LogP contribution in [-0.4, -0.2) is 26.0 Å². The largest absolute Gasteiger partial charge is 1.00 e. The molecule has 1 aliphatic carbocycles. The van der Waals surface area contributed by atoms with Crippen molar-refractivity contribution in [1.29, 1.82) is 0 Å². The monoisotopic (exact) mass is 431 g/mol. The summed E-state index contributed by atoms with van der Waals surface area (Å²) in [6, 6.07) is 6.92. The van der Waals surface area contributed by atoms with Crippen molar-refractivity contribution in [2.24, 2.45) is 5.41 Å². The average Bonchev–Trinajstić information content (AvgIpc) is 2.65. The van der Waals surface area contributed by atoms with Gasteiger partial charge >= 0.3 is 35.5 Å². The van der Waals surface area contributed by atoms with Crippen LogP contribution in [0.15, 0.2) is 41.3 Å². The van der Waals surface area contributed by atoms with Gasteiger partial charge in [-0.15, -0.1) is 0 Å². The summed E-state index contributed by atoms with van der Waals surface area (Å²) in [7, 11) is -3.47. The normalized spacial score (nSPS) is 16.4. The van der Waals surface area contributed by atoms with Crippen LogP contribution in [0.2, 0.25) is 0 Å². The molecular formula is C22H34NNaO4S. The van der Waals surface area contributed by atoms with Crippen molar-refractivity contribution in [3.63, 3.8) is 0 Å². The number of carboxylic acid groups (broad SMARTS) is 1. The minimum absolute atomic E-state index is 0. The number of allylic oxidation sites excluding steroid dienone is 2. The van der Waals surface area contributed by atoms with Crippen molar-refractivity contribution < 1.29 is 49.3 Å². The molecule has 0 atom stereocenters. The van der Waals surface area contributed by atoms with Crippen LogP contribution in [0, 0.1) is 12.3 Å². The van der Waals surface area contributed by atoms with Crippen LogP contribution >= 0.6 is 0 Å². The van der Waals surface area contributed by atoms with Gasteiger partial charge in [-0.3, -0.25) is 4.79 Å². The third-order valence-corrected chi connectivity index (χ3v) is 7.15. The van der Waals surface area contributed by atoms with E-state index in [0.717, 1.165) is 37.7 Å². The summed E-state index contributed by atoms with van der Waals surface area (Å²) in [6.45, 7) is 2.38. The first-order valence-electron chi connectivity index (χ1n) is 10.3. The fourth-order valence-electron chi connectivity index (χ4n) is 3.93. The Morgan fingerprint density at radius 2 is 1.83 bits per heavy atom. The summed E-state index contributed by atoms with van der Waals surface area (Å²) in [5, 5.41) is 8.69. The number of hydrogen-bond donors (Lipinski definition) is 2. The van der Waals surface area contributed by atoms with E-state index in [0.29, 0.717) is 17.9 Å². The molecule has 1 saturated carbocycles. The molecule has 158 valence electrons. The maximum Gasteiger partial charge on any atom is 1.00 e. The molecule has 0 aromatic heterocycles. The van der Waals surface area contributed by atoms with Gasteiger partial charge in [0.15, 0.2) is 0 Å². The molecule has 0 heterocycles. The Balaban J connectivity index is 0.00000420. The van der Waals surface area contributed by atoms with Crippen molar-refractivity contribution in [1.82, 2.24) is 4.72 Å². The number of hydrogen-bond acceptors (Lipinski definition) is 3. The first kappa shape index (κ1) is 26.4. The Bertz CT molecular complexity index is 760. The van der Waals surface area contributed by atoms with Gasteiger partial charge in [0.25, 0.3) is 0 Å². The molecular weight excluding hydrogens is 397 g/mol. The molecule has 0 spiro atoms. The van der Waals surface area contributed by atoms with Gasteiger partial charge in [-0.05, 0) is 63.0 Å². The summed E-state index contributed by atoms with van der Waals surface area (Å²) in [6.07, 6.45) is 13.5. The quantitative estimate of drug-likeness (QED) is 0.319. The number of carbonyl (C=O) groups is 1. The molecule has 1 fully saturated rings. The third kappa shape index (κ3) is 9.35. The zero-order chi connectivity index (χ0) is 20.5. The Morgan fingerprint density at radius 3 is 2.45 bits per heavy atom. The van der Waals surface area contributed by atoms with E-state index in [1.165, 1.54) is 19.3 Å². The molecule has 2 N–H and O–H groups in total. The maximum absolute atomic E-state index is 12.5. The van der Waals surface area contributed by atoms with Gasteiger partial charge in [-0.1, -0.05) is 49.1 Å². The molecule has 0 unspecified atom stereocenters. The van der Waals surface area contributed by atoms with Gasteiger partial charge in [-0.2, -0.15) is 0 Å². The molecule has 1 aromatic rings. The smallest absolute Gasteiger partial charge is 1.00 e. The molecule has 0 radical (unpaired) electrons. The van der Waals surface area contributed by atoms with Gasteiger partial charge in [0, 0.05) is 13.0 Å². The average molecular weight is 432 g/mol. The number of unbranched alkanes of at least 4 members (excludes halogenated alkanes) is 1. The Morgan fingerprint density at radius 1 is 1.17 bits per heavy atom. The van der Waals surface area contributed by atoms with Crippen molar-refractivity contribution >= 4 is 16.0 Å². The number of carboxylic acids is 1. The van der Waals surface area contributed by atoms with Gasteiger partial charge in [-0.25, -0.2) is 13.1 Å². The van der Waals surface area contributed by atoms with E-state index in [4.69, 9.17) is 5.11 Å². The fourth-order valence-corrected chi connectivity index (χ4v) is 4.96. The molecule has 1 aliphatic rings. The number of aryl methyl sites for hydroxylation is 1. The minimum atomic E-state index is -3.47. The number of sulfonamides is 1.